The van der Waals surface area contributed by atoms with E-state index in [1.807, 2.05) is 6.07 Å². The number of carbonyl (C=O) groups is 1. The third-order valence-corrected chi connectivity index (χ3v) is 7.36. The fraction of sp³-hybridized carbons (Fsp3) is 0.625. The Hall–Kier alpha value is -2.08. The van der Waals surface area contributed by atoms with E-state index in [9.17, 15) is 4.79 Å². The van der Waals surface area contributed by atoms with Gasteiger partial charge in [-0.3, -0.25) is 0 Å². The largest absolute Gasteiger partial charge is 0.478 e. The lowest BCUT2D eigenvalue weighted by Gasteiger charge is -2.38. The van der Waals surface area contributed by atoms with Crippen LogP contribution in [0.15, 0.2) is 24.4 Å². The van der Waals surface area contributed by atoms with E-state index < -0.39 is 5.97 Å². The molecule has 2 aromatic rings. The van der Waals surface area contributed by atoms with Gasteiger partial charge < -0.3 is 9.84 Å². The lowest BCUT2D eigenvalue weighted by Crippen LogP contribution is -2.28. The smallest absolute Gasteiger partial charge is 0.338 e. The van der Waals surface area contributed by atoms with Crippen molar-refractivity contribution in [1.29, 1.82) is 0 Å². The Bertz CT molecular complexity index is 855. The molecule has 0 amide bonds. The number of rotatable bonds is 8. The number of aromatic nitrogens is 3. The molecular weight excluding hydrogens is 414 g/mol. The van der Waals surface area contributed by atoms with Gasteiger partial charge in [-0.25, -0.2) is 14.5 Å². The van der Waals surface area contributed by atoms with Crippen LogP contribution in [-0.4, -0.2) is 32.4 Å². The maximum Gasteiger partial charge on any atom is 0.338 e. The topological polar surface area (TPSA) is 77.2 Å². The minimum absolute atomic E-state index is 0.0227. The minimum atomic E-state index is -1.10. The summed E-state index contributed by atoms with van der Waals surface area (Å²) in [5.41, 5.74) is -0.0227. The van der Waals surface area contributed by atoms with Crippen molar-refractivity contribution in [1.82, 2.24) is 14.8 Å². The molecule has 0 radical (unpaired) electrons. The number of carboxylic acid groups (broad SMARTS) is 1. The van der Waals surface area contributed by atoms with Crippen molar-refractivity contribution < 1.29 is 14.6 Å². The number of aromatic carboxylic acids is 1. The van der Waals surface area contributed by atoms with Crippen molar-refractivity contribution in [3.8, 4) is 11.7 Å². The zero-order chi connectivity index (χ0) is 21.6. The van der Waals surface area contributed by atoms with E-state index >= 15 is 0 Å². The molecule has 2 heterocycles. The van der Waals surface area contributed by atoms with E-state index in [4.69, 9.17) is 21.4 Å². The summed E-state index contributed by atoms with van der Waals surface area (Å²) >= 11 is 5.98. The highest BCUT2D eigenvalue weighted by molar-refractivity contribution is 6.32. The van der Waals surface area contributed by atoms with Crippen molar-refractivity contribution in [2.75, 3.05) is 6.61 Å². The van der Waals surface area contributed by atoms with Crippen molar-refractivity contribution in [2.24, 2.45) is 17.8 Å². The second-order valence-electron chi connectivity index (χ2n) is 9.01. The summed E-state index contributed by atoms with van der Waals surface area (Å²) in [7, 11) is 0. The normalized spacial score (nSPS) is 18.4. The number of halogens is 1. The van der Waals surface area contributed by atoms with E-state index in [0.29, 0.717) is 18.3 Å². The first-order valence-electron chi connectivity index (χ1n) is 11.7. The standard InChI is InChI=1S/C24H32ClN3O3/c25-23-20(24(29)30)11-12-21(26-23)28-15-13-22(27-28)31-16-14-19(17-7-3-1-4-8-17)18-9-5-2-6-10-18/h11-13,15,17-19H,1-10,14,16H2,(H,29,30). The van der Waals surface area contributed by atoms with E-state index in [1.54, 1.807) is 16.9 Å². The molecule has 0 aliphatic heterocycles. The molecule has 0 spiro atoms. The third kappa shape index (κ3) is 5.59. The van der Waals surface area contributed by atoms with Crippen LogP contribution in [0.1, 0.15) is 81.0 Å². The van der Waals surface area contributed by atoms with Gasteiger partial charge in [0.05, 0.1) is 12.2 Å². The van der Waals surface area contributed by atoms with Crippen LogP contribution in [0.3, 0.4) is 0 Å². The van der Waals surface area contributed by atoms with E-state index in [2.05, 4.69) is 10.1 Å². The van der Waals surface area contributed by atoms with Crippen LogP contribution in [0.2, 0.25) is 5.15 Å². The molecule has 31 heavy (non-hydrogen) atoms. The molecule has 0 unspecified atom stereocenters. The van der Waals surface area contributed by atoms with Gasteiger partial charge in [0, 0.05) is 12.3 Å². The first-order chi connectivity index (χ1) is 15.1. The number of ether oxygens (including phenoxy) is 1. The summed E-state index contributed by atoms with van der Waals surface area (Å²) in [5.74, 6) is 2.42. The number of nitrogens with zero attached hydrogens (tertiary/aromatic N) is 3. The van der Waals surface area contributed by atoms with Crippen molar-refractivity contribution in [3.63, 3.8) is 0 Å². The lowest BCUT2D eigenvalue weighted by atomic mass is 9.68. The fourth-order valence-corrected chi connectivity index (χ4v) is 5.73. The highest BCUT2D eigenvalue weighted by atomic mass is 35.5. The molecule has 2 aliphatic rings. The zero-order valence-electron chi connectivity index (χ0n) is 18.0. The van der Waals surface area contributed by atoms with Crippen LogP contribution in [0, 0.1) is 17.8 Å². The van der Waals surface area contributed by atoms with Crippen LogP contribution in [0.4, 0.5) is 0 Å². The molecule has 0 saturated heterocycles. The van der Waals surface area contributed by atoms with E-state index in [1.165, 1.54) is 70.3 Å². The van der Waals surface area contributed by atoms with Crippen LogP contribution >= 0.6 is 11.6 Å². The number of carboxylic acids is 1. The van der Waals surface area contributed by atoms with Crippen molar-refractivity contribution in [2.45, 2.75) is 70.6 Å². The summed E-state index contributed by atoms with van der Waals surface area (Å²) in [4.78, 5) is 15.2. The first-order valence-corrected chi connectivity index (χ1v) is 12.1. The predicted octanol–water partition coefficient (Wildman–Crippen LogP) is 6.16. The van der Waals surface area contributed by atoms with Crippen LogP contribution < -0.4 is 4.74 Å². The van der Waals surface area contributed by atoms with Gasteiger partial charge in [-0.1, -0.05) is 75.8 Å². The highest BCUT2D eigenvalue weighted by Gasteiger charge is 2.31. The Morgan fingerprint density at radius 1 is 1.06 bits per heavy atom. The van der Waals surface area contributed by atoms with Gasteiger partial charge in [-0.2, -0.15) is 0 Å². The molecule has 2 fully saturated rings. The summed E-state index contributed by atoms with van der Waals surface area (Å²) < 4.78 is 7.59. The molecule has 2 aromatic heterocycles. The fourth-order valence-electron chi connectivity index (χ4n) is 5.50. The first kappa shape index (κ1) is 22.1. The molecule has 7 heteroatoms. The zero-order valence-corrected chi connectivity index (χ0v) is 18.8. The molecule has 0 aromatic carbocycles. The summed E-state index contributed by atoms with van der Waals surface area (Å²) in [6.07, 6.45) is 16.7. The molecule has 0 bridgehead atoms. The Morgan fingerprint density at radius 2 is 1.71 bits per heavy atom. The van der Waals surface area contributed by atoms with Gasteiger partial charge in [0.2, 0.25) is 5.88 Å². The number of hydrogen-bond acceptors (Lipinski definition) is 4. The maximum absolute atomic E-state index is 11.1. The Labute approximate surface area is 189 Å². The number of pyridine rings is 1. The van der Waals surface area contributed by atoms with Crippen LogP contribution in [-0.2, 0) is 0 Å². The van der Waals surface area contributed by atoms with Gasteiger partial charge >= 0.3 is 5.97 Å². The van der Waals surface area contributed by atoms with Gasteiger partial charge in [-0.15, -0.1) is 5.10 Å². The Kier molecular flexibility index (Phi) is 7.49. The minimum Gasteiger partial charge on any atom is -0.478 e. The Balaban J connectivity index is 1.36. The molecule has 2 aliphatic carbocycles. The maximum atomic E-state index is 11.1. The molecule has 0 atom stereocenters. The van der Waals surface area contributed by atoms with Crippen molar-refractivity contribution in [3.05, 3.63) is 35.1 Å². The third-order valence-electron chi connectivity index (χ3n) is 7.08. The lowest BCUT2D eigenvalue weighted by molar-refractivity contribution is 0.0696. The highest BCUT2D eigenvalue weighted by Crippen LogP contribution is 2.41. The van der Waals surface area contributed by atoms with E-state index in [-0.39, 0.29) is 10.7 Å². The van der Waals surface area contributed by atoms with Crippen LogP contribution in [0.5, 0.6) is 5.88 Å². The summed E-state index contributed by atoms with van der Waals surface area (Å²) in [6.45, 7) is 0.681. The number of hydrogen-bond donors (Lipinski definition) is 1. The van der Waals surface area contributed by atoms with Gasteiger partial charge in [0.15, 0.2) is 5.82 Å². The molecule has 4 rings (SSSR count). The second-order valence-corrected chi connectivity index (χ2v) is 9.37. The summed E-state index contributed by atoms with van der Waals surface area (Å²) in [5, 5.41) is 13.5. The summed E-state index contributed by atoms with van der Waals surface area (Å²) in [6, 6.07) is 4.85. The van der Waals surface area contributed by atoms with Crippen molar-refractivity contribution >= 4 is 17.6 Å². The quantitative estimate of drug-likeness (QED) is 0.492. The molecule has 2 saturated carbocycles. The van der Waals surface area contributed by atoms with E-state index in [0.717, 1.165) is 24.2 Å². The second kappa shape index (κ2) is 10.5. The molecule has 6 nitrogen and oxygen atoms in total. The van der Waals surface area contributed by atoms with Gasteiger partial charge in [0.1, 0.15) is 5.15 Å². The SMILES string of the molecule is O=C(O)c1ccc(-n2ccc(OCCC(C3CCCCC3)C3CCCCC3)n2)nc1Cl. The van der Waals surface area contributed by atoms with Gasteiger partial charge in [-0.05, 0) is 36.3 Å². The Morgan fingerprint density at radius 3 is 2.29 bits per heavy atom. The van der Waals surface area contributed by atoms with Gasteiger partial charge in [0.25, 0.3) is 0 Å². The van der Waals surface area contributed by atoms with Crippen LogP contribution in [0.25, 0.3) is 5.82 Å². The molecule has 1 N–H and O–H groups in total. The average Bonchev–Trinajstić information content (AvgIpc) is 3.26. The molecular formula is C24H32ClN3O3. The average molecular weight is 446 g/mol. The molecule has 168 valence electrons. The predicted molar refractivity (Wildman–Crippen MR) is 120 cm³/mol. The monoisotopic (exact) mass is 445 g/mol.